The molecule has 21 heavy (non-hydrogen) atoms. The number of methoxy groups -OCH3 is 1. The molecule has 1 rings (SSSR count). The minimum atomic E-state index is 0.589. The van der Waals surface area contributed by atoms with Gasteiger partial charge in [0.05, 0.1) is 33.0 Å². The van der Waals surface area contributed by atoms with E-state index in [9.17, 15) is 0 Å². The van der Waals surface area contributed by atoms with Crippen LogP contribution in [0.15, 0.2) is 24.3 Å². The molecule has 0 fully saturated rings. The van der Waals surface area contributed by atoms with Gasteiger partial charge >= 0.3 is 0 Å². The number of nitrogens with one attached hydrogen (secondary N) is 1. The first-order valence-electron chi connectivity index (χ1n) is 7.68. The van der Waals surface area contributed by atoms with E-state index in [2.05, 4.69) is 43.4 Å². The molecule has 0 aliphatic carbocycles. The van der Waals surface area contributed by atoms with Crippen molar-refractivity contribution in [1.29, 1.82) is 0 Å². The predicted molar refractivity (Wildman–Crippen MR) is 85.8 cm³/mol. The molecule has 0 radical (unpaired) electrons. The van der Waals surface area contributed by atoms with Crippen molar-refractivity contribution in [1.82, 2.24) is 5.32 Å². The summed E-state index contributed by atoms with van der Waals surface area (Å²) < 4.78 is 15.7. The molecule has 1 aromatic carbocycles. The molecular formula is C17H29NO3. The molecule has 1 aromatic rings. The monoisotopic (exact) mass is 295 g/mol. The van der Waals surface area contributed by atoms with Crippen molar-refractivity contribution in [2.75, 3.05) is 46.7 Å². The second kappa shape index (κ2) is 11.7. The Kier molecular flexibility index (Phi) is 10.1. The normalized spacial score (nSPS) is 11.2. The summed E-state index contributed by atoms with van der Waals surface area (Å²) in [6.07, 6.45) is 0. The summed E-state index contributed by atoms with van der Waals surface area (Å²) in [6.45, 7) is 9.39. The Morgan fingerprint density at radius 2 is 1.52 bits per heavy atom. The number of hydrogen-bond acceptors (Lipinski definition) is 4. The predicted octanol–water partition coefficient (Wildman–Crippen LogP) is 2.58. The van der Waals surface area contributed by atoms with E-state index >= 15 is 0 Å². The van der Waals surface area contributed by atoms with Crippen LogP contribution in [-0.2, 0) is 20.8 Å². The zero-order valence-electron chi connectivity index (χ0n) is 13.6. The number of ether oxygens (including phenoxy) is 3. The number of rotatable bonds is 12. The van der Waals surface area contributed by atoms with Crippen LogP contribution in [0.5, 0.6) is 0 Å². The summed E-state index contributed by atoms with van der Waals surface area (Å²) in [6, 6.07) is 8.78. The van der Waals surface area contributed by atoms with Crippen molar-refractivity contribution < 1.29 is 14.2 Å². The topological polar surface area (TPSA) is 39.7 Å². The maximum absolute atomic E-state index is 5.47. The molecule has 0 aliphatic rings. The molecule has 0 bridgehead atoms. The Balaban J connectivity index is 1.96. The van der Waals surface area contributed by atoms with Crippen LogP contribution >= 0.6 is 0 Å². The Morgan fingerprint density at radius 3 is 2.14 bits per heavy atom. The second-order valence-corrected chi connectivity index (χ2v) is 5.29. The fourth-order valence-electron chi connectivity index (χ4n) is 1.86. The van der Waals surface area contributed by atoms with Crippen LogP contribution in [0, 0.1) is 0 Å². The van der Waals surface area contributed by atoms with Crippen LogP contribution in [0.4, 0.5) is 0 Å². The van der Waals surface area contributed by atoms with Gasteiger partial charge in [0.1, 0.15) is 0 Å². The third-order valence-corrected chi connectivity index (χ3v) is 3.20. The van der Waals surface area contributed by atoms with Crippen molar-refractivity contribution >= 4 is 0 Å². The molecule has 0 saturated heterocycles. The minimum absolute atomic E-state index is 0.589. The summed E-state index contributed by atoms with van der Waals surface area (Å²) in [7, 11) is 1.67. The molecular weight excluding hydrogens is 266 g/mol. The van der Waals surface area contributed by atoms with Gasteiger partial charge in [0.15, 0.2) is 0 Å². The van der Waals surface area contributed by atoms with Gasteiger partial charge in [-0.1, -0.05) is 38.1 Å². The summed E-state index contributed by atoms with van der Waals surface area (Å²) in [5, 5.41) is 3.38. The van der Waals surface area contributed by atoms with Gasteiger partial charge in [-0.25, -0.2) is 0 Å². The van der Waals surface area contributed by atoms with Crippen LogP contribution < -0.4 is 5.32 Å². The average molecular weight is 295 g/mol. The molecule has 0 amide bonds. The van der Waals surface area contributed by atoms with E-state index in [1.54, 1.807) is 7.11 Å². The van der Waals surface area contributed by atoms with Crippen molar-refractivity contribution in [2.24, 2.45) is 0 Å². The van der Waals surface area contributed by atoms with E-state index in [1.165, 1.54) is 11.1 Å². The highest BCUT2D eigenvalue weighted by Gasteiger charge is 1.98. The molecule has 0 heterocycles. The van der Waals surface area contributed by atoms with E-state index in [-0.39, 0.29) is 0 Å². The Labute approximate surface area is 128 Å². The highest BCUT2D eigenvalue weighted by Crippen LogP contribution is 2.14. The first-order chi connectivity index (χ1) is 10.2. The van der Waals surface area contributed by atoms with Gasteiger partial charge in [-0.3, -0.25) is 0 Å². The van der Waals surface area contributed by atoms with Gasteiger partial charge in [0.2, 0.25) is 0 Å². The van der Waals surface area contributed by atoms with E-state index in [4.69, 9.17) is 14.2 Å². The summed E-state index contributed by atoms with van der Waals surface area (Å²) in [5.74, 6) is 0.589. The molecule has 0 atom stereocenters. The fourth-order valence-corrected chi connectivity index (χ4v) is 1.86. The van der Waals surface area contributed by atoms with Gasteiger partial charge in [-0.2, -0.15) is 0 Å². The average Bonchev–Trinajstić information content (AvgIpc) is 2.49. The van der Waals surface area contributed by atoms with Gasteiger partial charge in [0.25, 0.3) is 0 Å². The zero-order valence-corrected chi connectivity index (χ0v) is 13.6. The highest BCUT2D eigenvalue weighted by molar-refractivity contribution is 5.24. The van der Waals surface area contributed by atoms with Crippen LogP contribution in [-0.4, -0.2) is 46.7 Å². The van der Waals surface area contributed by atoms with Crippen molar-refractivity contribution in [3.63, 3.8) is 0 Å². The number of benzene rings is 1. The van der Waals surface area contributed by atoms with Crippen LogP contribution in [0.2, 0.25) is 0 Å². The van der Waals surface area contributed by atoms with Gasteiger partial charge in [0, 0.05) is 20.2 Å². The molecule has 4 heteroatoms. The quantitative estimate of drug-likeness (QED) is 0.602. The van der Waals surface area contributed by atoms with Crippen molar-refractivity contribution in [3.05, 3.63) is 35.4 Å². The number of hydrogen-bond donors (Lipinski definition) is 1. The molecule has 0 aromatic heterocycles. The van der Waals surface area contributed by atoms with Crippen molar-refractivity contribution in [2.45, 2.75) is 26.3 Å². The van der Waals surface area contributed by atoms with Gasteiger partial charge in [-0.05, 0) is 17.0 Å². The SMILES string of the molecule is COCCOCCOCCNCc1ccc(C(C)C)cc1. The van der Waals surface area contributed by atoms with Crippen molar-refractivity contribution in [3.8, 4) is 0 Å². The largest absolute Gasteiger partial charge is 0.382 e. The summed E-state index contributed by atoms with van der Waals surface area (Å²) in [4.78, 5) is 0. The standard InChI is InChI=1S/C17H29NO3/c1-15(2)17-6-4-16(5-7-17)14-18-8-9-20-12-13-21-11-10-19-3/h4-7,15,18H,8-14H2,1-3H3. The first kappa shape index (κ1) is 18.1. The van der Waals surface area contributed by atoms with Gasteiger partial charge < -0.3 is 19.5 Å². The lowest BCUT2D eigenvalue weighted by atomic mass is 10.0. The third kappa shape index (κ3) is 8.83. The summed E-state index contributed by atoms with van der Waals surface area (Å²) >= 11 is 0. The maximum Gasteiger partial charge on any atom is 0.0701 e. The van der Waals surface area contributed by atoms with E-state index in [0.717, 1.165) is 13.1 Å². The van der Waals surface area contributed by atoms with E-state index in [0.29, 0.717) is 39.0 Å². The van der Waals surface area contributed by atoms with Gasteiger partial charge in [-0.15, -0.1) is 0 Å². The lowest BCUT2D eigenvalue weighted by Gasteiger charge is -2.09. The Bertz CT molecular complexity index is 352. The van der Waals surface area contributed by atoms with Crippen LogP contribution in [0.25, 0.3) is 0 Å². The molecule has 0 unspecified atom stereocenters. The second-order valence-electron chi connectivity index (χ2n) is 5.29. The molecule has 1 N–H and O–H groups in total. The Hall–Kier alpha value is -0.940. The third-order valence-electron chi connectivity index (χ3n) is 3.20. The molecule has 120 valence electrons. The smallest absolute Gasteiger partial charge is 0.0701 e. The van der Waals surface area contributed by atoms with E-state index in [1.807, 2.05) is 0 Å². The Morgan fingerprint density at radius 1 is 0.905 bits per heavy atom. The van der Waals surface area contributed by atoms with E-state index < -0.39 is 0 Å². The summed E-state index contributed by atoms with van der Waals surface area (Å²) in [5.41, 5.74) is 2.69. The highest BCUT2D eigenvalue weighted by atomic mass is 16.5. The lowest BCUT2D eigenvalue weighted by Crippen LogP contribution is -2.20. The molecule has 0 aliphatic heterocycles. The maximum atomic E-state index is 5.47. The molecule has 0 spiro atoms. The minimum Gasteiger partial charge on any atom is -0.382 e. The fraction of sp³-hybridized carbons (Fsp3) is 0.647. The lowest BCUT2D eigenvalue weighted by molar-refractivity contribution is 0.0255. The molecule has 4 nitrogen and oxygen atoms in total. The van der Waals surface area contributed by atoms with Crippen LogP contribution in [0.3, 0.4) is 0 Å². The first-order valence-corrected chi connectivity index (χ1v) is 7.68. The van der Waals surface area contributed by atoms with Crippen LogP contribution in [0.1, 0.15) is 30.9 Å². The zero-order chi connectivity index (χ0) is 15.3. The molecule has 0 saturated carbocycles.